The van der Waals surface area contributed by atoms with Gasteiger partial charge in [0.1, 0.15) is 0 Å². The van der Waals surface area contributed by atoms with Gasteiger partial charge in [-0.15, -0.1) is 0 Å². The number of aromatic nitrogens is 2. The molecule has 0 radical (unpaired) electrons. The van der Waals surface area contributed by atoms with Crippen LogP contribution in [0.15, 0.2) is 4.73 Å². The Morgan fingerprint density at radius 2 is 2.38 bits per heavy atom. The summed E-state index contributed by atoms with van der Waals surface area (Å²) in [6.07, 6.45) is 0. The molecule has 1 aromatic rings. The fourth-order valence-electron chi connectivity index (χ4n) is 0.404. The quantitative estimate of drug-likeness (QED) is 0.675. The molecule has 1 rings (SSSR count). The molecule has 0 aliphatic heterocycles. The molecule has 0 bridgehead atoms. The average Bonchev–Trinajstić information content (AvgIpc) is 1.85. The highest BCUT2D eigenvalue weighted by Crippen LogP contribution is 2.13. The second-order valence-electron chi connectivity index (χ2n) is 1.44. The highest BCUT2D eigenvalue weighted by Gasteiger charge is 1.97. The van der Waals surface area contributed by atoms with E-state index < -0.39 is 0 Å². The number of hydrogen-bond donors (Lipinski definition) is 1. The molecule has 8 heavy (non-hydrogen) atoms. The van der Waals surface area contributed by atoms with E-state index in [1.165, 1.54) is 0 Å². The van der Waals surface area contributed by atoms with Crippen LogP contribution in [0.25, 0.3) is 0 Å². The topological polar surface area (TPSA) is 28.7 Å². The van der Waals surface area contributed by atoms with E-state index in [4.69, 9.17) is 11.6 Å². The van der Waals surface area contributed by atoms with Crippen LogP contribution in [-0.2, 0) is 0 Å². The lowest BCUT2D eigenvalue weighted by Gasteiger charge is -1.76. The predicted molar refractivity (Wildman–Crippen MR) is 36.0 cm³/mol. The third kappa shape index (κ3) is 1.03. The molecule has 0 fully saturated rings. The summed E-state index contributed by atoms with van der Waals surface area (Å²) in [5.41, 5.74) is 0.888. The first-order valence-electron chi connectivity index (χ1n) is 2.08. The maximum atomic E-state index is 5.56. The number of nitrogens with zero attached hydrogens (tertiary/aromatic N) is 1. The summed E-state index contributed by atoms with van der Waals surface area (Å²) in [6.45, 7) is 1.86. The maximum absolute atomic E-state index is 5.56. The van der Waals surface area contributed by atoms with E-state index >= 15 is 0 Å². The normalized spacial score (nSPS) is 9.88. The van der Waals surface area contributed by atoms with Crippen LogP contribution in [0.3, 0.4) is 0 Å². The largest absolute Gasteiger partial charge is 0.335 e. The summed E-state index contributed by atoms with van der Waals surface area (Å²) < 4.78 is 0.681. The third-order valence-electron chi connectivity index (χ3n) is 0.796. The first kappa shape index (κ1) is 6.11. The summed E-state index contributed by atoms with van der Waals surface area (Å²) >= 11 is 8.69. The Morgan fingerprint density at radius 3 is 2.50 bits per heavy atom. The summed E-state index contributed by atoms with van der Waals surface area (Å²) in [6, 6.07) is 0. The first-order valence-corrected chi connectivity index (χ1v) is 3.25. The number of rotatable bonds is 0. The van der Waals surface area contributed by atoms with Crippen LogP contribution >= 0.6 is 27.5 Å². The highest BCUT2D eigenvalue weighted by atomic mass is 79.9. The van der Waals surface area contributed by atoms with Crippen LogP contribution in [0.4, 0.5) is 0 Å². The molecule has 1 heterocycles. The second-order valence-corrected chi connectivity index (χ2v) is 2.55. The van der Waals surface area contributed by atoms with Gasteiger partial charge in [-0.1, -0.05) is 11.6 Å². The van der Waals surface area contributed by atoms with Crippen molar-refractivity contribution in [2.45, 2.75) is 6.92 Å². The van der Waals surface area contributed by atoms with E-state index in [0.717, 1.165) is 5.69 Å². The molecular weight excluding hydrogens is 191 g/mol. The summed E-state index contributed by atoms with van der Waals surface area (Å²) in [4.78, 5) is 6.72. The van der Waals surface area contributed by atoms with Crippen molar-refractivity contribution in [3.05, 3.63) is 15.6 Å². The summed E-state index contributed by atoms with van der Waals surface area (Å²) in [5.74, 6) is 0. The minimum absolute atomic E-state index is 0.525. The van der Waals surface area contributed by atoms with Crippen molar-refractivity contribution in [2.24, 2.45) is 0 Å². The van der Waals surface area contributed by atoms with Gasteiger partial charge in [-0.3, -0.25) is 0 Å². The molecule has 0 saturated heterocycles. The zero-order chi connectivity index (χ0) is 6.15. The van der Waals surface area contributed by atoms with E-state index in [2.05, 4.69) is 25.9 Å². The Balaban J connectivity index is 3.14. The maximum Gasteiger partial charge on any atom is 0.176 e. The fourth-order valence-corrected chi connectivity index (χ4v) is 1.11. The molecule has 0 aliphatic rings. The zero-order valence-corrected chi connectivity index (χ0v) is 6.55. The molecule has 0 aromatic carbocycles. The monoisotopic (exact) mass is 194 g/mol. The molecule has 0 spiro atoms. The van der Waals surface area contributed by atoms with Crippen molar-refractivity contribution in [3.63, 3.8) is 0 Å². The lowest BCUT2D eigenvalue weighted by molar-refractivity contribution is 1.20. The lowest BCUT2D eigenvalue weighted by atomic mass is 10.6. The third-order valence-corrected chi connectivity index (χ3v) is 1.54. The second kappa shape index (κ2) is 2.07. The minimum atomic E-state index is 0.525. The van der Waals surface area contributed by atoms with Gasteiger partial charge in [-0.05, 0) is 22.9 Å². The molecule has 44 valence electrons. The molecule has 0 unspecified atom stereocenters. The van der Waals surface area contributed by atoms with Gasteiger partial charge < -0.3 is 4.98 Å². The van der Waals surface area contributed by atoms with Crippen molar-refractivity contribution >= 4 is 27.5 Å². The minimum Gasteiger partial charge on any atom is -0.335 e. The number of halogens is 2. The van der Waals surface area contributed by atoms with Gasteiger partial charge in [0.25, 0.3) is 0 Å². The van der Waals surface area contributed by atoms with Gasteiger partial charge >= 0.3 is 0 Å². The van der Waals surface area contributed by atoms with Gasteiger partial charge in [0.2, 0.25) is 0 Å². The fraction of sp³-hybridized carbons (Fsp3) is 0.250. The SMILES string of the molecule is Cc1[nH]c(Br)nc1Cl. The van der Waals surface area contributed by atoms with Crippen molar-refractivity contribution in [1.29, 1.82) is 0 Å². The van der Waals surface area contributed by atoms with Gasteiger partial charge in [0, 0.05) is 0 Å². The summed E-state index contributed by atoms with van der Waals surface area (Å²) in [7, 11) is 0. The molecule has 0 atom stereocenters. The van der Waals surface area contributed by atoms with Crippen molar-refractivity contribution in [3.8, 4) is 0 Å². The number of H-pyrrole nitrogens is 1. The highest BCUT2D eigenvalue weighted by molar-refractivity contribution is 9.10. The van der Waals surface area contributed by atoms with Crippen molar-refractivity contribution in [1.82, 2.24) is 9.97 Å². The van der Waals surface area contributed by atoms with Crippen LogP contribution < -0.4 is 0 Å². The molecule has 2 nitrogen and oxygen atoms in total. The molecule has 0 aliphatic carbocycles. The van der Waals surface area contributed by atoms with Crippen LogP contribution in [0, 0.1) is 6.92 Å². The Morgan fingerprint density at radius 1 is 1.75 bits per heavy atom. The molecule has 0 amide bonds. The Hall–Kier alpha value is -0.0200. The lowest BCUT2D eigenvalue weighted by Crippen LogP contribution is -1.66. The standard InChI is InChI=1S/C4H4BrClN2/c1-2-3(6)8-4(5)7-2/h1H3,(H,7,8). The number of nitrogens with one attached hydrogen (secondary N) is 1. The Kier molecular flexibility index (Phi) is 1.58. The molecule has 1 N–H and O–H groups in total. The van der Waals surface area contributed by atoms with Crippen molar-refractivity contribution < 1.29 is 0 Å². The van der Waals surface area contributed by atoms with E-state index in [1.54, 1.807) is 0 Å². The molecular formula is C4H4BrClN2. The van der Waals surface area contributed by atoms with Gasteiger partial charge in [0.05, 0.1) is 5.69 Å². The Labute approximate surface area is 60.4 Å². The first-order chi connectivity index (χ1) is 3.70. The smallest absolute Gasteiger partial charge is 0.176 e. The zero-order valence-electron chi connectivity index (χ0n) is 4.20. The predicted octanol–water partition coefficient (Wildman–Crippen LogP) is 2.13. The average molecular weight is 195 g/mol. The van der Waals surface area contributed by atoms with E-state index in [0.29, 0.717) is 9.89 Å². The van der Waals surface area contributed by atoms with Gasteiger partial charge in [0.15, 0.2) is 9.89 Å². The molecule has 1 aromatic heterocycles. The Bertz CT molecular complexity index is 176. The van der Waals surface area contributed by atoms with Crippen LogP contribution in [0.1, 0.15) is 5.69 Å². The number of aryl methyl sites for hydroxylation is 1. The van der Waals surface area contributed by atoms with Crippen LogP contribution in [0.5, 0.6) is 0 Å². The van der Waals surface area contributed by atoms with E-state index in [9.17, 15) is 0 Å². The summed E-state index contributed by atoms with van der Waals surface area (Å²) in [5, 5.41) is 0.525. The van der Waals surface area contributed by atoms with Crippen molar-refractivity contribution in [2.75, 3.05) is 0 Å². The van der Waals surface area contributed by atoms with E-state index in [1.807, 2.05) is 6.92 Å². The molecule has 0 saturated carbocycles. The van der Waals surface area contributed by atoms with Crippen LogP contribution in [0.2, 0.25) is 5.15 Å². The number of imidazole rings is 1. The van der Waals surface area contributed by atoms with E-state index in [-0.39, 0.29) is 0 Å². The number of aromatic amines is 1. The van der Waals surface area contributed by atoms with Crippen LogP contribution in [-0.4, -0.2) is 9.97 Å². The molecule has 4 heteroatoms. The van der Waals surface area contributed by atoms with Gasteiger partial charge in [-0.25, -0.2) is 4.98 Å². The van der Waals surface area contributed by atoms with Gasteiger partial charge in [-0.2, -0.15) is 0 Å². The number of hydrogen-bond acceptors (Lipinski definition) is 1.